The number of hydrogen-bond donors (Lipinski definition) is 1. The van der Waals surface area contributed by atoms with Crippen LogP contribution in [0, 0.1) is 0 Å². The van der Waals surface area contributed by atoms with Gasteiger partial charge in [0.1, 0.15) is 0 Å². The quantitative estimate of drug-likeness (QED) is 0.896. The van der Waals surface area contributed by atoms with Crippen molar-refractivity contribution in [3.8, 4) is 0 Å². The Balaban J connectivity index is 1.69. The lowest BCUT2D eigenvalue weighted by molar-refractivity contribution is -0.128. The Kier molecular flexibility index (Phi) is 4.11. The van der Waals surface area contributed by atoms with Crippen molar-refractivity contribution in [1.82, 2.24) is 10.2 Å². The third-order valence-electron chi connectivity index (χ3n) is 4.81. The molecule has 1 unspecified atom stereocenters. The molecule has 2 heterocycles. The molecule has 0 aliphatic carbocycles. The van der Waals surface area contributed by atoms with E-state index >= 15 is 0 Å². The number of likely N-dealkylation sites (tertiary alicyclic amines) is 1. The fraction of sp³-hybridized carbons (Fsp3) is 0.647. The van der Waals surface area contributed by atoms with E-state index in [1.807, 2.05) is 0 Å². The molecular formula is C17H26N2O. The van der Waals surface area contributed by atoms with Gasteiger partial charge in [-0.2, -0.15) is 0 Å². The third kappa shape index (κ3) is 2.90. The number of hydrogen-bond acceptors (Lipinski definition) is 3. The predicted molar refractivity (Wildman–Crippen MR) is 81.7 cm³/mol. The molecule has 2 fully saturated rings. The average Bonchev–Trinajstić information content (AvgIpc) is 2.45. The van der Waals surface area contributed by atoms with Gasteiger partial charge in [-0.3, -0.25) is 4.90 Å². The fourth-order valence-electron chi connectivity index (χ4n) is 3.90. The Hall–Kier alpha value is -0.900. The van der Waals surface area contributed by atoms with E-state index in [1.165, 1.54) is 5.56 Å². The first kappa shape index (κ1) is 14.1. The van der Waals surface area contributed by atoms with Crippen LogP contribution in [-0.2, 0) is 11.3 Å². The van der Waals surface area contributed by atoms with Crippen LogP contribution in [0.4, 0.5) is 0 Å². The van der Waals surface area contributed by atoms with Crippen molar-refractivity contribution in [1.29, 1.82) is 0 Å². The second-order valence-corrected chi connectivity index (χ2v) is 6.47. The summed E-state index contributed by atoms with van der Waals surface area (Å²) in [6.07, 6.45) is 2.27. The maximum atomic E-state index is 6.16. The van der Waals surface area contributed by atoms with Gasteiger partial charge in [-0.05, 0) is 32.3 Å². The van der Waals surface area contributed by atoms with E-state index in [-0.39, 0.29) is 5.60 Å². The smallest absolute Gasteiger partial charge is 0.0836 e. The van der Waals surface area contributed by atoms with Crippen LogP contribution in [0.1, 0.15) is 32.3 Å². The summed E-state index contributed by atoms with van der Waals surface area (Å²) in [5, 5.41) is 3.51. The number of rotatable bonds is 2. The summed E-state index contributed by atoms with van der Waals surface area (Å²) < 4.78 is 6.16. The zero-order valence-corrected chi connectivity index (χ0v) is 12.6. The maximum absolute atomic E-state index is 6.16. The molecule has 0 bridgehead atoms. The molecule has 0 saturated carbocycles. The Morgan fingerprint density at radius 2 is 1.90 bits per heavy atom. The number of nitrogens with zero attached hydrogens (tertiary/aromatic N) is 1. The van der Waals surface area contributed by atoms with Crippen LogP contribution in [0.2, 0.25) is 0 Å². The van der Waals surface area contributed by atoms with E-state index in [0.717, 1.165) is 39.1 Å². The van der Waals surface area contributed by atoms with E-state index in [4.69, 9.17) is 4.74 Å². The van der Waals surface area contributed by atoms with Gasteiger partial charge < -0.3 is 10.1 Å². The highest BCUT2D eigenvalue weighted by molar-refractivity contribution is 5.15. The Bertz CT molecular complexity index is 414. The molecular weight excluding hydrogens is 248 g/mol. The lowest BCUT2D eigenvalue weighted by atomic mass is 9.81. The normalized spacial score (nSPS) is 35.3. The molecule has 0 radical (unpaired) electrons. The molecule has 0 amide bonds. The van der Waals surface area contributed by atoms with Crippen LogP contribution >= 0.6 is 0 Å². The van der Waals surface area contributed by atoms with Gasteiger partial charge in [0.2, 0.25) is 0 Å². The lowest BCUT2D eigenvalue weighted by Crippen LogP contribution is -2.60. The number of benzene rings is 1. The SMILES string of the molecule is C[C@@H]1CC2(CNCCO2)C[C@H](C)N1Cc1ccccc1. The molecule has 20 heavy (non-hydrogen) atoms. The first-order chi connectivity index (χ1) is 9.69. The summed E-state index contributed by atoms with van der Waals surface area (Å²) in [6.45, 7) is 8.61. The predicted octanol–water partition coefficient (Wildman–Crippen LogP) is 2.42. The van der Waals surface area contributed by atoms with Crippen molar-refractivity contribution in [2.75, 3.05) is 19.7 Å². The van der Waals surface area contributed by atoms with Crippen molar-refractivity contribution in [2.45, 2.75) is 50.9 Å². The minimum atomic E-state index is 0.0737. The highest BCUT2D eigenvalue weighted by atomic mass is 16.5. The van der Waals surface area contributed by atoms with Gasteiger partial charge >= 0.3 is 0 Å². The van der Waals surface area contributed by atoms with Crippen molar-refractivity contribution in [3.63, 3.8) is 0 Å². The number of nitrogens with one attached hydrogen (secondary N) is 1. The zero-order chi connectivity index (χ0) is 14.0. The summed E-state index contributed by atoms with van der Waals surface area (Å²) in [4.78, 5) is 2.62. The van der Waals surface area contributed by atoms with Crippen LogP contribution in [0.5, 0.6) is 0 Å². The van der Waals surface area contributed by atoms with Crippen molar-refractivity contribution < 1.29 is 4.74 Å². The third-order valence-corrected chi connectivity index (χ3v) is 4.81. The Morgan fingerprint density at radius 1 is 1.20 bits per heavy atom. The summed E-state index contributed by atoms with van der Waals surface area (Å²) in [5.74, 6) is 0. The fourth-order valence-corrected chi connectivity index (χ4v) is 3.90. The van der Waals surface area contributed by atoms with Crippen LogP contribution in [0.3, 0.4) is 0 Å². The van der Waals surface area contributed by atoms with E-state index in [1.54, 1.807) is 0 Å². The minimum absolute atomic E-state index is 0.0737. The molecule has 1 aromatic carbocycles. The molecule has 1 aromatic rings. The molecule has 2 aliphatic heterocycles. The number of ether oxygens (including phenoxy) is 1. The minimum Gasteiger partial charge on any atom is -0.372 e. The Labute approximate surface area is 122 Å². The molecule has 2 saturated heterocycles. The van der Waals surface area contributed by atoms with Gasteiger partial charge in [-0.25, -0.2) is 0 Å². The van der Waals surface area contributed by atoms with E-state index in [0.29, 0.717) is 12.1 Å². The van der Waals surface area contributed by atoms with Crippen LogP contribution in [-0.4, -0.2) is 42.3 Å². The number of piperidine rings is 1. The first-order valence-corrected chi connectivity index (χ1v) is 7.83. The summed E-state index contributed by atoms with van der Waals surface area (Å²) in [7, 11) is 0. The monoisotopic (exact) mass is 274 g/mol. The summed E-state index contributed by atoms with van der Waals surface area (Å²) in [6, 6.07) is 11.9. The second kappa shape index (κ2) is 5.84. The van der Waals surface area contributed by atoms with Gasteiger partial charge in [-0.15, -0.1) is 0 Å². The topological polar surface area (TPSA) is 24.5 Å². The van der Waals surface area contributed by atoms with Gasteiger partial charge in [-0.1, -0.05) is 30.3 Å². The van der Waals surface area contributed by atoms with Gasteiger partial charge in [0.25, 0.3) is 0 Å². The van der Waals surface area contributed by atoms with Gasteiger partial charge in [0.05, 0.1) is 12.2 Å². The molecule has 3 atom stereocenters. The van der Waals surface area contributed by atoms with E-state index in [2.05, 4.69) is 54.4 Å². The standard InChI is InChI=1S/C17H26N2O/c1-14-10-17(13-18-8-9-20-17)11-15(2)19(14)12-16-6-4-3-5-7-16/h3-7,14-15,18H,8-13H2,1-2H3/t14-,15+,17?. The molecule has 3 rings (SSSR count). The zero-order valence-electron chi connectivity index (χ0n) is 12.6. The lowest BCUT2D eigenvalue weighted by Gasteiger charge is -2.50. The van der Waals surface area contributed by atoms with Crippen molar-refractivity contribution >= 4 is 0 Å². The van der Waals surface area contributed by atoms with Crippen molar-refractivity contribution in [2.24, 2.45) is 0 Å². The molecule has 0 aromatic heterocycles. The first-order valence-electron chi connectivity index (χ1n) is 7.83. The van der Waals surface area contributed by atoms with E-state index in [9.17, 15) is 0 Å². The van der Waals surface area contributed by atoms with Gasteiger partial charge in [0.15, 0.2) is 0 Å². The van der Waals surface area contributed by atoms with Crippen LogP contribution < -0.4 is 5.32 Å². The van der Waals surface area contributed by atoms with Crippen LogP contribution in [0.15, 0.2) is 30.3 Å². The molecule has 1 spiro atoms. The molecule has 2 aliphatic rings. The summed E-state index contributed by atoms with van der Waals surface area (Å²) in [5.41, 5.74) is 1.48. The second-order valence-electron chi connectivity index (χ2n) is 6.47. The van der Waals surface area contributed by atoms with Crippen molar-refractivity contribution in [3.05, 3.63) is 35.9 Å². The van der Waals surface area contributed by atoms with Crippen LogP contribution in [0.25, 0.3) is 0 Å². The molecule has 110 valence electrons. The maximum Gasteiger partial charge on any atom is 0.0836 e. The Morgan fingerprint density at radius 3 is 2.50 bits per heavy atom. The molecule has 1 N–H and O–H groups in total. The highest BCUT2D eigenvalue weighted by Crippen LogP contribution is 2.35. The highest BCUT2D eigenvalue weighted by Gasteiger charge is 2.43. The molecule has 3 nitrogen and oxygen atoms in total. The van der Waals surface area contributed by atoms with Gasteiger partial charge in [0, 0.05) is 31.7 Å². The van der Waals surface area contributed by atoms with E-state index < -0.39 is 0 Å². The average molecular weight is 274 g/mol. The summed E-state index contributed by atoms with van der Waals surface area (Å²) >= 11 is 0. The molecule has 3 heteroatoms. The largest absolute Gasteiger partial charge is 0.372 e. The number of morpholine rings is 1.